The lowest BCUT2D eigenvalue weighted by atomic mass is 10.3. The van der Waals surface area contributed by atoms with Crippen molar-refractivity contribution in [3.8, 4) is 0 Å². The fourth-order valence-electron chi connectivity index (χ4n) is 2.16. The predicted molar refractivity (Wildman–Crippen MR) is 105 cm³/mol. The number of nitrogens with one attached hydrogen (secondary N) is 2. The number of nitrogens with zero attached hydrogens (tertiary/aromatic N) is 3. The van der Waals surface area contributed by atoms with E-state index in [2.05, 4.69) is 15.6 Å². The number of ether oxygens (including phenoxy) is 1. The van der Waals surface area contributed by atoms with Crippen molar-refractivity contribution < 1.29 is 37.2 Å². The van der Waals surface area contributed by atoms with Crippen molar-refractivity contribution in [2.75, 3.05) is 33.4 Å². The van der Waals surface area contributed by atoms with Gasteiger partial charge in [-0.2, -0.15) is 13.9 Å². The van der Waals surface area contributed by atoms with Gasteiger partial charge < -0.3 is 4.74 Å². The van der Waals surface area contributed by atoms with E-state index in [0.29, 0.717) is 16.7 Å². The molecule has 4 N–H and O–H groups in total. The second-order valence-corrected chi connectivity index (χ2v) is 6.63. The highest BCUT2D eigenvalue weighted by Crippen LogP contribution is 2.20. The molecule has 0 radical (unpaired) electrons. The van der Waals surface area contributed by atoms with Crippen LogP contribution in [0.2, 0.25) is 0 Å². The second kappa shape index (κ2) is 13.8. The molecule has 0 spiro atoms. The van der Waals surface area contributed by atoms with E-state index in [9.17, 15) is 22.8 Å². The maximum absolute atomic E-state index is 13.6. The first kappa shape index (κ1) is 29.5. The molecule has 0 aromatic carbocycles. The molecule has 3 amide bonds. The molecule has 0 fully saturated rings. The van der Waals surface area contributed by atoms with Crippen molar-refractivity contribution in [1.82, 2.24) is 26.1 Å². The summed E-state index contributed by atoms with van der Waals surface area (Å²) in [6.45, 7) is 5.77. The van der Waals surface area contributed by atoms with Gasteiger partial charge in [0, 0.05) is 13.1 Å². The van der Waals surface area contributed by atoms with Gasteiger partial charge in [-0.1, -0.05) is 25.9 Å². The molecule has 0 saturated heterocycles. The van der Waals surface area contributed by atoms with Crippen LogP contribution in [0.25, 0.3) is 0 Å². The topological polar surface area (TPSA) is 122 Å². The number of imide groups is 1. The van der Waals surface area contributed by atoms with Crippen molar-refractivity contribution in [3.05, 3.63) is 0 Å². The summed E-state index contributed by atoms with van der Waals surface area (Å²) in [5, 5.41) is 3.67. The fourth-order valence-corrected chi connectivity index (χ4v) is 2.16. The maximum Gasteiger partial charge on any atom is 0.400 e. The molecule has 184 valence electrons. The van der Waals surface area contributed by atoms with Gasteiger partial charge in [-0.05, 0) is 33.7 Å². The average molecular weight is 460 g/mol. The Hall–Kier alpha value is -1.55. The number of likely N-dealkylation sites (N-methyl/N-ethyl adjacent to an activating group) is 1. The summed E-state index contributed by atoms with van der Waals surface area (Å²) in [7, 11) is 1.33. The molecule has 0 aromatic heterocycles. The third-order valence-electron chi connectivity index (χ3n) is 3.41. The number of carbonyl (C=O) groups excluding carboxylic acids is 2. The predicted octanol–water partition coefficient (Wildman–Crippen LogP) is 1.48. The number of halogens is 3. The van der Waals surface area contributed by atoms with Gasteiger partial charge in [0.05, 0.1) is 12.7 Å². The minimum absolute atomic E-state index is 0.0641. The quantitative estimate of drug-likeness (QED) is 0.246. The van der Waals surface area contributed by atoms with E-state index in [1.807, 2.05) is 0 Å². The van der Waals surface area contributed by atoms with Crippen LogP contribution in [0.5, 0.6) is 0 Å². The Labute approximate surface area is 180 Å². The molecule has 1 unspecified atom stereocenters. The molecular weight excluding hydrogens is 425 g/mol. The molecule has 0 aliphatic rings. The van der Waals surface area contributed by atoms with Gasteiger partial charge >= 0.3 is 18.0 Å². The van der Waals surface area contributed by atoms with Gasteiger partial charge in [0.25, 0.3) is 5.85 Å². The number of hydrogen-bond acceptors (Lipinski definition) is 9. The molecule has 11 nitrogen and oxygen atoms in total. The van der Waals surface area contributed by atoms with E-state index in [4.69, 9.17) is 15.3 Å². The standard InChI is InChI=1S/C17H35F3N6O5/c1-7-10-24(31-16(19,20)12-18)26(23-9-3)15(28)25(29-11-8-2)14(27)17(21,22-6)30-13(4)5/h13,22-23H,7-12,21H2,1-6H3. The number of hydroxylamine groups is 3. The van der Waals surface area contributed by atoms with Crippen molar-refractivity contribution in [2.24, 2.45) is 5.73 Å². The van der Waals surface area contributed by atoms with Gasteiger partial charge in [0.15, 0.2) is 6.67 Å². The third-order valence-corrected chi connectivity index (χ3v) is 3.41. The summed E-state index contributed by atoms with van der Waals surface area (Å²) >= 11 is 0. The first-order valence-electron chi connectivity index (χ1n) is 10.0. The van der Waals surface area contributed by atoms with Crippen LogP contribution >= 0.6 is 0 Å². The Balaban J connectivity index is 6.08. The highest BCUT2D eigenvalue weighted by atomic mass is 19.3. The minimum atomic E-state index is -4.20. The zero-order chi connectivity index (χ0) is 24.2. The van der Waals surface area contributed by atoms with Crippen LogP contribution in [0.15, 0.2) is 0 Å². The number of amides is 3. The van der Waals surface area contributed by atoms with E-state index in [1.54, 1.807) is 34.6 Å². The van der Waals surface area contributed by atoms with Crippen molar-refractivity contribution in [3.63, 3.8) is 0 Å². The summed E-state index contributed by atoms with van der Waals surface area (Å²) in [6.07, 6.45) is -4.06. The summed E-state index contributed by atoms with van der Waals surface area (Å²) in [4.78, 5) is 35.9. The lowest BCUT2D eigenvalue weighted by molar-refractivity contribution is -0.413. The Morgan fingerprint density at radius 1 is 1.16 bits per heavy atom. The lowest BCUT2D eigenvalue weighted by Gasteiger charge is -2.38. The van der Waals surface area contributed by atoms with Crippen molar-refractivity contribution in [1.29, 1.82) is 0 Å². The normalized spacial score (nSPS) is 14.1. The number of rotatable bonds is 15. The van der Waals surface area contributed by atoms with E-state index < -0.39 is 36.7 Å². The zero-order valence-corrected chi connectivity index (χ0v) is 18.9. The Bertz CT molecular complexity index is 560. The van der Waals surface area contributed by atoms with Crippen molar-refractivity contribution >= 4 is 11.9 Å². The van der Waals surface area contributed by atoms with E-state index in [1.165, 1.54) is 7.05 Å². The molecular formula is C17H35F3N6O5. The van der Waals surface area contributed by atoms with Gasteiger partial charge in [-0.15, -0.1) is 5.06 Å². The summed E-state index contributed by atoms with van der Waals surface area (Å²) in [6, 6.07) is -1.25. The fraction of sp³-hybridized carbons (Fsp3) is 0.882. The number of nitrogens with two attached hydrogens (primary N) is 1. The average Bonchev–Trinajstić information content (AvgIpc) is 2.70. The van der Waals surface area contributed by atoms with Crippen molar-refractivity contribution in [2.45, 2.75) is 65.5 Å². The molecule has 0 aliphatic carbocycles. The Kier molecular flexibility index (Phi) is 13.1. The number of carbonyl (C=O) groups is 2. The molecule has 31 heavy (non-hydrogen) atoms. The molecule has 0 saturated carbocycles. The smallest absolute Gasteiger partial charge is 0.337 e. The number of urea groups is 1. The summed E-state index contributed by atoms with van der Waals surface area (Å²) in [5.41, 5.74) is 8.46. The van der Waals surface area contributed by atoms with E-state index in [-0.39, 0.29) is 31.2 Å². The van der Waals surface area contributed by atoms with Crippen LogP contribution in [-0.2, 0) is 19.2 Å². The van der Waals surface area contributed by atoms with Crippen LogP contribution in [0.1, 0.15) is 47.5 Å². The monoisotopic (exact) mass is 460 g/mol. The molecule has 1 atom stereocenters. The van der Waals surface area contributed by atoms with Crippen LogP contribution in [0.3, 0.4) is 0 Å². The van der Waals surface area contributed by atoms with Crippen LogP contribution in [-0.4, -0.2) is 78.8 Å². The molecule has 0 rings (SSSR count). The summed E-state index contributed by atoms with van der Waals surface area (Å²) in [5.74, 6) is -3.30. The third kappa shape index (κ3) is 9.22. The SMILES string of the molecule is CCCON(C(=O)N(NCC)N(CCC)OC(F)(F)CF)C(=O)C(N)(NC)OC(C)C. The maximum atomic E-state index is 13.6. The van der Waals surface area contributed by atoms with Crippen LogP contribution in [0, 0.1) is 0 Å². The molecule has 0 aliphatic heterocycles. The number of alkyl halides is 3. The van der Waals surface area contributed by atoms with Crippen LogP contribution < -0.4 is 16.5 Å². The number of hydrogen-bond donors (Lipinski definition) is 3. The van der Waals surface area contributed by atoms with Gasteiger partial charge in [-0.25, -0.2) is 19.4 Å². The first-order chi connectivity index (χ1) is 14.4. The Morgan fingerprint density at radius 2 is 1.77 bits per heavy atom. The first-order valence-corrected chi connectivity index (χ1v) is 10.0. The molecule has 0 aromatic rings. The van der Waals surface area contributed by atoms with E-state index in [0.717, 1.165) is 0 Å². The van der Waals surface area contributed by atoms with Gasteiger partial charge in [-0.3, -0.25) is 20.7 Å². The van der Waals surface area contributed by atoms with Gasteiger partial charge in [0.2, 0.25) is 0 Å². The van der Waals surface area contributed by atoms with Crippen LogP contribution in [0.4, 0.5) is 18.0 Å². The van der Waals surface area contributed by atoms with Gasteiger partial charge in [0.1, 0.15) is 0 Å². The van der Waals surface area contributed by atoms with E-state index >= 15 is 0 Å². The minimum Gasteiger partial charge on any atom is -0.337 e. The largest absolute Gasteiger partial charge is 0.400 e. The highest BCUT2D eigenvalue weighted by molar-refractivity contribution is 5.96. The number of hydrazine groups is 2. The molecule has 14 heteroatoms. The molecule has 0 heterocycles. The molecule has 0 bridgehead atoms. The second-order valence-electron chi connectivity index (χ2n) is 6.63. The highest BCUT2D eigenvalue weighted by Gasteiger charge is 2.45. The Morgan fingerprint density at radius 3 is 2.19 bits per heavy atom. The lowest BCUT2D eigenvalue weighted by Crippen LogP contribution is -2.69. The zero-order valence-electron chi connectivity index (χ0n) is 18.9. The summed E-state index contributed by atoms with van der Waals surface area (Å²) < 4.78 is 45.2.